The van der Waals surface area contributed by atoms with Gasteiger partial charge in [0.2, 0.25) is 5.91 Å². The highest BCUT2D eigenvalue weighted by Crippen LogP contribution is 2.36. The van der Waals surface area contributed by atoms with Gasteiger partial charge in [-0.3, -0.25) is 4.79 Å². The Morgan fingerprint density at radius 3 is 1.84 bits per heavy atom. The van der Waals surface area contributed by atoms with Crippen LogP contribution in [0.1, 0.15) is 38.1 Å². The Balaban J connectivity index is 1.84. The molecule has 0 spiro atoms. The average Bonchev–Trinajstić information content (AvgIpc) is 2.91. The van der Waals surface area contributed by atoms with Crippen LogP contribution in [0, 0.1) is 0 Å². The monoisotopic (exact) mass is 535 g/mol. The van der Waals surface area contributed by atoms with Gasteiger partial charge in [0, 0.05) is 6.92 Å². The zero-order chi connectivity index (χ0) is 27.8. The third kappa shape index (κ3) is 6.89. The normalized spacial score (nSPS) is 13.3. The van der Waals surface area contributed by atoms with E-state index in [2.05, 4.69) is 50.4 Å². The molecule has 0 aromatic heterocycles. The van der Waals surface area contributed by atoms with Crippen molar-refractivity contribution < 1.29 is 28.6 Å². The fraction of sp³-hybridized carbons (Fsp3) is 0.333. The summed E-state index contributed by atoms with van der Waals surface area (Å²) in [7, 11) is -1.36. The van der Waals surface area contributed by atoms with Crippen molar-refractivity contribution >= 4 is 30.6 Å². The quantitative estimate of drug-likeness (QED) is 0.289. The van der Waals surface area contributed by atoms with Crippen LogP contribution in [0.25, 0.3) is 0 Å². The van der Waals surface area contributed by atoms with Crippen LogP contribution in [0.15, 0.2) is 84.9 Å². The highest BCUT2D eigenvalue weighted by atomic mass is 28.4. The second-order valence-corrected chi connectivity index (χ2v) is 14.5. The Bertz CT molecular complexity index is 1140. The van der Waals surface area contributed by atoms with Gasteiger partial charge in [-0.25, -0.2) is 4.79 Å². The molecule has 0 saturated heterocycles. The van der Waals surface area contributed by atoms with Gasteiger partial charge >= 0.3 is 5.97 Å². The Labute approximate surface area is 225 Å². The zero-order valence-electron chi connectivity index (χ0n) is 22.6. The van der Waals surface area contributed by atoms with Crippen molar-refractivity contribution in [3.05, 3.63) is 90.5 Å². The molecular weight excluding hydrogens is 498 g/mol. The molecule has 3 rings (SSSR count). The number of amides is 1. The van der Waals surface area contributed by atoms with E-state index in [1.807, 2.05) is 36.4 Å². The van der Waals surface area contributed by atoms with Gasteiger partial charge in [0.05, 0.1) is 25.3 Å². The van der Waals surface area contributed by atoms with E-state index < -0.39 is 26.4 Å². The minimum absolute atomic E-state index is 0.0358. The summed E-state index contributed by atoms with van der Waals surface area (Å²) in [5.74, 6) is -0.282. The van der Waals surface area contributed by atoms with E-state index in [1.54, 1.807) is 31.4 Å². The molecule has 3 aromatic rings. The summed E-state index contributed by atoms with van der Waals surface area (Å²) < 4.78 is 17.4. The average molecular weight is 536 g/mol. The first-order chi connectivity index (χ1) is 18.1. The van der Waals surface area contributed by atoms with Gasteiger partial charge in [-0.2, -0.15) is 0 Å². The lowest BCUT2D eigenvalue weighted by atomic mass is 10.2. The Morgan fingerprint density at radius 1 is 0.868 bits per heavy atom. The number of aliphatic hydroxyl groups is 1. The molecule has 8 heteroatoms. The van der Waals surface area contributed by atoms with Gasteiger partial charge in [-0.15, -0.1) is 0 Å². The van der Waals surface area contributed by atoms with Gasteiger partial charge in [0.1, 0.15) is 18.5 Å². The number of nitrogens with one attached hydrogen (secondary N) is 1. The minimum Gasteiger partial charge on any atom is -0.497 e. The summed E-state index contributed by atoms with van der Waals surface area (Å²) in [6.45, 7) is 7.57. The van der Waals surface area contributed by atoms with Crippen molar-refractivity contribution in [2.45, 2.75) is 44.9 Å². The second kappa shape index (κ2) is 12.9. The highest BCUT2D eigenvalue weighted by Gasteiger charge is 2.50. The van der Waals surface area contributed by atoms with Crippen molar-refractivity contribution in [1.29, 1.82) is 0 Å². The molecule has 0 bridgehead atoms. The molecule has 3 aromatic carbocycles. The zero-order valence-corrected chi connectivity index (χ0v) is 23.6. The smallest absolute Gasteiger partial charge is 0.338 e. The summed E-state index contributed by atoms with van der Waals surface area (Å²) >= 11 is 0. The van der Waals surface area contributed by atoms with Crippen molar-refractivity contribution in [1.82, 2.24) is 5.32 Å². The van der Waals surface area contributed by atoms with Crippen LogP contribution in [0.3, 0.4) is 0 Å². The number of ether oxygens (including phenoxy) is 2. The summed E-state index contributed by atoms with van der Waals surface area (Å²) in [5, 5.41) is 15.7. The van der Waals surface area contributed by atoms with Crippen LogP contribution in [0.4, 0.5) is 0 Å². The first-order valence-corrected chi connectivity index (χ1v) is 14.5. The van der Waals surface area contributed by atoms with E-state index in [0.29, 0.717) is 11.3 Å². The standard InChI is InChI=1S/C30H37NO6Si/c1-22(32)31-27(28(33)21-36-29(34)23-16-18-24(35-5)19-17-23)20-37-38(30(2,3)4,25-12-8-6-9-13-25)26-14-10-7-11-15-26/h6-19,27-28,33H,20-21H2,1-5H3,(H,31,32)/t27-,28-/m1/s1. The molecule has 38 heavy (non-hydrogen) atoms. The number of hydrogen-bond acceptors (Lipinski definition) is 6. The van der Waals surface area contributed by atoms with E-state index in [0.717, 1.165) is 10.4 Å². The van der Waals surface area contributed by atoms with E-state index in [4.69, 9.17) is 13.9 Å². The molecule has 0 unspecified atom stereocenters. The number of aliphatic hydroxyl groups excluding tert-OH is 1. The van der Waals surface area contributed by atoms with Crippen molar-refractivity contribution in [2.24, 2.45) is 0 Å². The van der Waals surface area contributed by atoms with Gasteiger partial charge in [-0.1, -0.05) is 81.4 Å². The fourth-order valence-corrected chi connectivity index (χ4v) is 9.16. The minimum atomic E-state index is -2.90. The third-order valence-electron chi connectivity index (χ3n) is 6.46. The predicted octanol–water partition coefficient (Wildman–Crippen LogP) is 3.29. The van der Waals surface area contributed by atoms with Crippen LogP contribution in [-0.2, 0) is 14.0 Å². The van der Waals surface area contributed by atoms with Crippen molar-refractivity contribution in [3.8, 4) is 5.75 Å². The van der Waals surface area contributed by atoms with E-state index in [1.165, 1.54) is 6.92 Å². The third-order valence-corrected chi connectivity index (χ3v) is 11.5. The van der Waals surface area contributed by atoms with Crippen LogP contribution >= 0.6 is 0 Å². The number of methoxy groups -OCH3 is 1. The van der Waals surface area contributed by atoms with E-state index in [9.17, 15) is 14.7 Å². The van der Waals surface area contributed by atoms with Crippen LogP contribution < -0.4 is 20.4 Å². The Hall–Kier alpha value is -3.46. The maximum Gasteiger partial charge on any atom is 0.338 e. The topological polar surface area (TPSA) is 94.1 Å². The summed E-state index contributed by atoms with van der Waals surface area (Å²) in [6.07, 6.45) is -1.18. The molecule has 7 nitrogen and oxygen atoms in total. The first kappa shape index (κ1) is 29.1. The number of carbonyl (C=O) groups excluding carboxylic acids is 2. The van der Waals surface area contributed by atoms with E-state index >= 15 is 0 Å². The van der Waals surface area contributed by atoms with Gasteiger partial charge in [0.25, 0.3) is 8.32 Å². The second-order valence-electron chi connectivity index (χ2n) is 10.2. The van der Waals surface area contributed by atoms with Crippen LogP contribution in [-0.4, -0.2) is 57.8 Å². The molecule has 2 atom stereocenters. The highest BCUT2D eigenvalue weighted by molar-refractivity contribution is 6.99. The molecule has 0 aliphatic heterocycles. The van der Waals surface area contributed by atoms with Crippen molar-refractivity contribution in [2.75, 3.05) is 20.3 Å². The number of hydrogen-bond donors (Lipinski definition) is 2. The van der Waals surface area contributed by atoms with Gasteiger partial charge < -0.3 is 24.3 Å². The molecule has 202 valence electrons. The first-order valence-electron chi connectivity index (χ1n) is 12.6. The summed E-state index contributed by atoms with van der Waals surface area (Å²) in [4.78, 5) is 24.6. The SMILES string of the molecule is COc1ccc(C(=O)OC[C@@H](O)[C@@H](CO[Si](c2ccccc2)(c2ccccc2)C(C)(C)C)NC(C)=O)cc1. The largest absolute Gasteiger partial charge is 0.497 e. The number of carbonyl (C=O) groups is 2. The molecule has 0 heterocycles. The maximum atomic E-state index is 12.5. The fourth-order valence-electron chi connectivity index (χ4n) is 4.57. The molecule has 0 radical (unpaired) electrons. The number of benzene rings is 3. The Morgan fingerprint density at radius 2 is 1.39 bits per heavy atom. The maximum absolute atomic E-state index is 12.5. The number of esters is 1. The van der Waals surface area contributed by atoms with Gasteiger partial charge in [-0.05, 0) is 39.7 Å². The van der Waals surface area contributed by atoms with E-state index in [-0.39, 0.29) is 24.2 Å². The molecule has 0 saturated carbocycles. The van der Waals surface area contributed by atoms with Gasteiger partial charge in [0.15, 0.2) is 0 Å². The molecule has 1 amide bonds. The van der Waals surface area contributed by atoms with Crippen LogP contribution in [0.2, 0.25) is 5.04 Å². The molecule has 0 aliphatic rings. The lowest BCUT2D eigenvalue weighted by Crippen LogP contribution is -2.67. The van der Waals surface area contributed by atoms with Crippen LogP contribution in [0.5, 0.6) is 5.75 Å². The van der Waals surface area contributed by atoms with Crippen molar-refractivity contribution in [3.63, 3.8) is 0 Å². The molecule has 2 N–H and O–H groups in total. The predicted molar refractivity (Wildman–Crippen MR) is 150 cm³/mol. The summed E-state index contributed by atoms with van der Waals surface area (Å²) in [5.41, 5.74) is 0.331. The molecule has 0 fully saturated rings. The number of rotatable bonds is 11. The molecular formula is C30H37NO6Si. The lowest BCUT2D eigenvalue weighted by Gasteiger charge is -2.44. The molecule has 0 aliphatic carbocycles. The lowest BCUT2D eigenvalue weighted by molar-refractivity contribution is -0.121. The Kier molecular flexibility index (Phi) is 9.85. The summed E-state index contributed by atoms with van der Waals surface area (Å²) in [6, 6.07) is 25.9.